The van der Waals surface area contributed by atoms with Gasteiger partial charge in [-0.15, -0.1) is 0 Å². The number of pyridine rings is 1. The van der Waals surface area contributed by atoms with Gasteiger partial charge in [-0.3, -0.25) is 19.3 Å². The van der Waals surface area contributed by atoms with Crippen LogP contribution in [0.1, 0.15) is 49.7 Å². The molecule has 2 aromatic heterocycles. The van der Waals surface area contributed by atoms with Crippen LogP contribution in [0.5, 0.6) is 0 Å². The fourth-order valence-corrected chi connectivity index (χ4v) is 3.61. The number of aromatic nitrogens is 3. The van der Waals surface area contributed by atoms with Gasteiger partial charge in [0.25, 0.3) is 5.91 Å². The minimum absolute atomic E-state index is 0.000988. The molecule has 1 unspecified atom stereocenters. The Labute approximate surface area is 166 Å². The summed E-state index contributed by atoms with van der Waals surface area (Å²) in [5.74, 6) is -0.0448. The highest BCUT2D eigenvalue weighted by molar-refractivity contribution is 5.92. The third kappa shape index (κ3) is 4.58. The predicted molar refractivity (Wildman–Crippen MR) is 106 cm³/mol. The van der Waals surface area contributed by atoms with Gasteiger partial charge in [0.15, 0.2) is 0 Å². The third-order valence-corrected chi connectivity index (χ3v) is 5.16. The van der Waals surface area contributed by atoms with Crippen molar-refractivity contribution < 1.29 is 9.59 Å². The lowest BCUT2D eigenvalue weighted by atomic mass is 10.0. The van der Waals surface area contributed by atoms with Gasteiger partial charge in [0, 0.05) is 56.7 Å². The van der Waals surface area contributed by atoms with Crippen LogP contribution in [-0.4, -0.2) is 55.5 Å². The van der Waals surface area contributed by atoms with E-state index < -0.39 is 0 Å². The Morgan fingerprint density at radius 2 is 2.14 bits per heavy atom. The lowest BCUT2D eigenvalue weighted by Gasteiger charge is -2.40. The number of nitrogens with zero attached hydrogens (tertiary/aromatic N) is 5. The fraction of sp³-hybridized carbons (Fsp3) is 0.524. The van der Waals surface area contributed by atoms with Gasteiger partial charge in [-0.25, -0.2) is 0 Å². The number of likely N-dealkylation sites (tertiary alicyclic amines) is 1. The van der Waals surface area contributed by atoms with E-state index in [1.54, 1.807) is 23.1 Å². The Bertz CT molecular complexity index is 802. The normalized spacial score (nSPS) is 17.0. The smallest absolute Gasteiger partial charge is 0.274 e. The minimum atomic E-state index is -0.0944. The molecule has 1 atom stereocenters. The Kier molecular flexibility index (Phi) is 6.44. The van der Waals surface area contributed by atoms with E-state index in [4.69, 9.17) is 0 Å². The van der Waals surface area contributed by atoms with Crippen molar-refractivity contribution >= 4 is 11.8 Å². The summed E-state index contributed by atoms with van der Waals surface area (Å²) in [6, 6.07) is 5.63. The van der Waals surface area contributed by atoms with Crippen LogP contribution >= 0.6 is 0 Å². The summed E-state index contributed by atoms with van der Waals surface area (Å²) in [6.07, 6.45) is 7.12. The lowest BCUT2D eigenvalue weighted by Crippen LogP contribution is -2.52. The van der Waals surface area contributed by atoms with E-state index in [0.29, 0.717) is 25.3 Å². The molecule has 1 fully saturated rings. The SMILES string of the molecule is CCn1ccc(C(=O)N2CCCC(N(Cc3cccnc3)C(=O)C(C)C)C2)n1. The zero-order valence-electron chi connectivity index (χ0n) is 16.9. The zero-order valence-corrected chi connectivity index (χ0v) is 16.9. The fourth-order valence-electron chi connectivity index (χ4n) is 3.61. The molecular formula is C21H29N5O2. The summed E-state index contributed by atoms with van der Waals surface area (Å²) in [6.45, 7) is 8.32. The summed E-state index contributed by atoms with van der Waals surface area (Å²) in [5.41, 5.74) is 1.47. The van der Waals surface area contributed by atoms with Crippen LogP contribution in [0.2, 0.25) is 0 Å². The van der Waals surface area contributed by atoms with Crippen LogP contribution in [0.15, 0.2) is 36.8 Å². The second-order valence-corrected chi connectivity index (χ2v) is 7.59. The molecular weight excluding hydrogens is 354 g/mol. The van der Waals surface area contributed by atoms with E-state index in [-0.39, 0.29) is 23.8 Å². The number of hydrogen-bond acceptors (Lipinski definition) is 4. The van der Waals surface area contributed by atoms with E-state index in [0.717, 1.165) is 24.9 Å². The predicted octanol–water partition coefficient (Wildman–Crippen LogP) is 2.59. The van der Waals surface area contributed by atoms with E-state index in [9.17, 15) is 9.59 Å². The number of carbonyl (C=O) groups excluding carboxylic acids is 2. The maximum atomic E-state index is 12.9. The van der Waals surface area contributed by atoms with Gasteiger partial charge in [0.2, 0.25) is 5.91 Å². The standard InChI is InChI=1S/C21H29N5O2/c1-4-25-12-9-19(23-25)21(28)24-11-6-8-18(15-24)26(20(27)16(2)3)14-17-7-5-10-22-13-17/h5,7,9-10,12-13,16,18H,4,6,8,11,14-15H2,1-3H3. The monoisotopic (exact) mass is 383 g/mol. The molecule has 0 bridgehead atoms. The Morgan fingerprint density at radius 3 is 2.79 bits per heavy atom. The first-order valence-corrected chi connectivity index (χ1v) is 10.0. The molecule has 7 nitrogen and oxygen atoms in total. The molecule has 2 amide bonds. The van der Waals surface area contributed by atoms with Gasteiger partial charge >= 0.3 is 0 Å². The summed E-state index contributed by atoms with van der Waals surface area (Å²) >= 11 is 0. The highest BCUT2D eigenvalue weighted by atomic mass is 16.2. The van der Waals surface area contributed by atoms with Crippen molar-refractivity contribution in [2.45, 2.75) is 52.7 Å². The van der Waals surface area contributed by atoms with Crippen LogP contribution in [-0.2, 0) is 17.9 Å². The van der Waals surface area contributed by atoms with E-state index in [1.807, 2.05) is 48.9 Å². The van der Waals surface area contributed by atoms with Crippen LogP contribution in [0.25, 0.3) is 0 Å². The average Bonchev–Trinajstić information content (AvgIpc) is 3.21. The van der Waals surface area contributed by atoms with Gasteiger partial charge in [-0.2, -0.15) is 5.10 Å². The van der Waals surface area contributed by atoms with E-state index in [2.05, 4.69) is 10.1 Å². The second kappa shape index (κ2) is 8.99. The largest absolute Gasteiger partial charge is 0.335 e. The number of hydrogen-bond donors (Lipinski definition) is 0. The zero-order chi connectivity index (χ0) is 20.1. The number of rotatable bonds is 6. The molecule has 2 aromatic rings. The Balaban J connectivity index is 1.76. The van der Waals surface area contributed by atoms with Crippen molar-refractivity contribution in [1.29, 1.82) is 0 Å². The highest BCUT2D eigenvalue weighted by Crippen LogP contribution is 2.21. The summed E-state index contributed by atoms with van der Waals surface area (Å²) in [4.78, 5) is 33.7. The molecule has 0 spiro atoms. The molecule has 7 heteroatoms. The maximum Gasteiger partial charge on any atom is 0.274 e. The molecule has 1 saturated heterocycles. The molecule has 0 N–H and O–H groups in total. The first-order valence-electron chi connectivity index (χ1n) is 10.0. The molecule has 28 heavy (non-hydrogen) atoms. The molecule has 0 aliphatic carbocycles. The number of carbonyl (C=O) groups is 2. The Hall–Kier alpha value is -2.70. The first kappa shape index (κ1) is 20.0. The van der Waals surface area contributed by atoms with Crippen molar-refractivity contribution in [3.63, 3.8) is 0 Å². The van der Waals surface area contributed by atoms with Crippen molar-refractivity contribution in [3.05, 3.63) is 48.0 Å². The molecule has 1 aliphatic heterocycles. The molecule has 0 saturated carbocycles. The van der Waals surface area contributed by atoms with Gasteiger partial charge in [-0.1, -0.05) is 19.9 Å². The topological polar surface area (TPSA) is 71.3 Å². The summed E-state index contributed by atoms with van der Waals surface area (Å²) < 4.78 is 1.76. The van der Waals surface area contributed by atoms with Crippen molar-refractivity contribution in [2.75, 3.05) is 13.1 Å². The molecule has 150 valence electrons. The van der Waals surface area contributed by atoms with E-state index >= 15 is 0 Å². The number of piperidine rings is 1. The van der Waals surface area contributed by atoms with Crippen molar-refractivity contribution in [1.82, 2.24) is 24.6 Å². The highest BCUT2D eigenvalue weighted by Gasteiger charge is 2.32. The minimum Gasteiger partial charge on any atom is -0.335 e. The van der Waals surface area contributed by atoms with Crippen LogP contribution in [0.3, 0.4) is 0 Å². The average molecular weight is 383 g/mol. The lowest BCUT2D eigenvalue weighted by molar-refractivity contribution is -0.138. The van der Waals surface area contributed by atoms with Gasteiger partial charge in [0.05, 0.1) is 0 Å². The number of amides is 2. The first-order chi connectivity index (χ1) is 13.5. The molecule has 3 heterocycles. The van der Waals surface area contributed by atoms with E-state index in [1.165, 1.54) is 0 Å². The molecule has 3 rings (SSSR count). The van der Waals surface area contributed by atoms with Crippen molar-refractivity contribution in [3.8, 4) is 0 Å². The van der Waals surface area contributed by atoms with Gasteiger partial charge in [-0.05, 0) is 37.5 Å². The third-order valence-electron chi connectivity index (χ3n) is 5.16. The maximum absolute atomic E-state index is 12.9. The van der Waals surface area contributed by atoms with Crippen LogP contribution < -0.4 is 0 Å². The second-order valence-electron chi connectivity index (χ2n) is 7.59. The van der Waals surface area contributed by atoms with Crippen LogP contribution in [0, 0.1) is 5.92 Å². The van der Waals surface area contributed by atoms with Crippen LogP contribution in [0.4, 0.5) is 0 Å². The van der Waals surface area contributed by atoms with Crippen molar-refractivity contribution in [2.24, 2.45) is 5.92 Å². The Morgan fingerprint density at radius 1 is 1.32 bits per heavy atom. The number of aryl methyl sites for hydroxylation is 1. The quantitative estimate of drug-likeness (QED) is 0.769. The molecule has 0 radical (unpaired) electrons. The summed E-state index contributed by atoms with van der Waals surface area (Å²) in [5, 5.41) is 4.34. The van der Waals surface area contributed by atoms with Gasteiger partial charge < -0.3 is 9.80 Å². The van der Waals surface area contributed by atoms with Gasteiger partial charge in [0.1, 0.15) is 5.69 Å². The summed E-state index contributed by atoms with van der Waals surface area (Å²) in [7, 11) is 0. The molecule has 0 aromatic carbocycles. The molecule has 1 aliphatic rings.